The lowest BCUT2D eigenvalue weighted by Crippen LogP contribution is -2.15. The van der Waals surface area contributed by atoms with Gasteiger partial charge in [-0.25, -0.2) is 4.39 Å². The zero-order valence-corrected chi connectivity index (χ0v) is 15.6. The first-order valence-corrected chi connectivity index (χ1v) is 8.76. The van der Waals surface area contributed by atoms with Gasteiger partial charge in [0.25, 0.3) is 0 Å². The number of rotatable bonds is 4. The van der Waals surface area contributed by atoms with Gasteiger partial charge in [-0.15, -0.1) is 0 Å². The summed E-state index contributed by atoms with van der Waals surface area (Å²) in [6, 6.07) is 13.8. The smallest absolute Gasteiger partial charge is 0.142 e. The molecule has 2 rings (SSSR count). The number of hydrogen-bond acceptors (Lipinski definition) is 0. The highest BCUT2D eigenvalue weighted by Gasteiger charge is 2.20. The minimum Gasteiger partial charge on any atom is -0.205 e. The lowest BCUT2D eigenvalue weighted by atomic mass is 9.82. The second-order valence-electron chi connectivity index (χ2n) is 5.87. The Bertz CT molecular complexity index is 618. The maximum Gasteiger partial charge on any atom is 0.142 e. The van der Waals surface area contributed by atoms with E-state index in [-0.39, 0.29) is 16.1 Å². The molecule has 112 valence electrons. The van der Waals surface area contributed by atoms with E-state index in [1.165, 1.54) is 5.56 Å². The van der Waals surface area contributed by atoms with Gasteiger partial charge in [-0.1, -0.05) is 73.1 Å². The number of halogens is 3. The molecular formula is C18H19Br2F. The Labute approximate surface area is 143 Å². The monoisotopic (exact) mass is 412 g/mol. The van der Waals surface area contributed by atoms with E-state index in [1.807, 2.05) is 12.1 Å². The van der Waals surface area contributed by atoms with Crippen LogP contribution in [0.2, 0.25) is 0 Å². The van der Waals surface area contributed by atoms with Gasteiger partial charge in [0.1, 0.15) is 5.82 Å². The number of alkyl halides is 1. The van der Waals surface area contributed by atoms with Crippen LogP contribution in [0.4, 0.5) is 4.39 Å². The molecule has 0 N–H and O–H groups in total. The quantitative estimate of drug-likeness (QED) is 0.485. The molecule has 0 bridgehead atoms. The molecule has 0 radical (unpaired) electrons. The lowest BCUT2D eigenvalue weighted by molar-refractivity contribution is 0.506. The van der Waals surface area contributed by atoms with Gasteiger partial charge in [0.2, 0.25) is 0 Å². The SMILES string of the molecule is CCC(C)(C)c1ccc(C(Br)c2cccc(Br)c2F)cc1. The topological polar surface area (TPSA) is 0 Å². The van der Waals surface area contributed by atoms with Crippen molar-refractivity contribution in [3.8, 4) is 0 Å². The van der Waals surface area contributed by atoms with Gasteiger partial charge in [0, 0.05) is 5.56 Å². The Hall–Kier alpha value is -0.670. The summed E-state index contributed by atoms with van der Waals surface area (Å²) in [4.78, 5) is -0.145. The van der Waals surface area contributed by atoms with E-state index in [0.29, 0.717) is 10.0 Å². The Kier molecular flexibility index (Phi) is 5.26. The summed E-state index contributed by atoms with van der Waals surface area (Å²) in [5.41, 5.74) is 3.18. The summed E-state index contributed by atoms with van der Waals surface area (Å²) >= 11 is 6.85. The fourth-order valence-corrected chi connectivity index (χ4v) is 3.24. The van der Waals surface area contributed by atoms with Crippen molar-refractivity contribution in [3.63, 3.8) is 0 Å². The van der Waals surface area contributed by atoms with Gasteiger partial charge < -0.3 is 0 Å². The minimum atomic E-state index is -0.211. The van der Waals surface area contributed by atoms with Crippen LogP contribution in [0.25, 0.3) is 0 Å². The highest BCUT2D eigenvalue weighted by molar-refractivity contribution is 9.10. The molecule has 0 fully saturated rings. The van der Waals surface area contributed by atoms with Crippen LogP contribution < -0.4 is 0 Å². The first-order chi connectivity index (χ1) is 9.86. The molecule has 0 aliphatic carbocycles. The van der Waals surface area contributed by atoms with E-state index in [0.717, 1.165) is 12.0 Å². The zero-order chi connectivity index (χ0) is 15.6. The Balaban J connectivity index is 2.32. The summed E-state index contributed by atoms with van der Waals surface area (Å²) < 4.78 is 14.7. The molecule has 21 heavy (non-hydrogen) atoms. The lowest BCUT2D eigenvalue weighted by Gasteiger charge is -2.24. The van der Waals surface area contributed by atoms with Crippen LogP contribution in [0.5, 0.6) is 0 Å². The van der Waals surface area contributed by atoms with Gasteiger partial charge in [-0.3, -0.25) is 0 Å². The van der Waals surface area contributed by atoms with Gasteiger partial charge in [0.15, 0.2) is 0 Å². The normalized spacial score (nSPS) is 13.2. The van der Waals surface area contributed by atoms with Crippen LogP contribution in [-0.4, -0.2) is 0 Å². The van der Waals surface area contributed by atoms with Crippen molar-refractivity contribution in [3.05, 3.63) is 69.4 Å². The standard InChI is InChI=1S/C18H19Br2F/c1-4-18(2,3)13-10-8-12(9-11-13)16(20)14-6-5-7-15(19)17(14)21/h5-11,16H,4H2,1-3H3. The van der Waals surface area contributed by atoms with Crippen molar-refractivity contribution in [1.29, 1.82) is 0 Å². The van der Waals surface area contributed by atoms with Gasteiger partial charge >= 0.3 is 0 Å². The van der Waals surface area contributed by atoms with Crippen LogP contribution >= 0.6 is 31.9 Å². The molecule has 0 heterocycles. The van der Waals surface area contributed by atoms with E-state index in [1.54, 1.807) is 6.07 Å². The van der Waals surface area contributed by atoms with E-state index in [9.17, 15) is 4.39 Å². The second-order valence-corrected chi connectivity index (χ2v) is 7.64. The maximum absolute atomic E-state index is 14.2. The second kappa shape index (κ2) is 6.62. The average Bonchev–Trinajstić information content (AvgIpc) is 2.49. The molecule has 0 aromatic heterocycles. The molecule has 1 unspecified atom stereocenters. The fourth-order valence-electron chi connectivity index (χ4n) is 2.20. The van der Waals surface area contributed by atoms with Crippen molar-refractivity contribution in [2.45, 2.75) is 37.4 Å². The van der Waals surface area contributed by atoms with Crippen LogP contribution in [0, 0.1) is 5.82 Å². The predicted molar refractivity (Wildman–Crippen MR) is 94.6 cm³/mol. The zero-order valence-electron chi connectivity index (χ0n) is 12.5. The Morgan fingerprint density at radius 1 is 1.10 bits per heavy atom. The minimum absolute atomic E-state index is 0.145. The van der Waals surface area contributed by atoms with Gasteiger partial charge in [0.05, 0.1) is 9.30 Å². The van der Waals surface area contributed by atoms with Gasteiger partial charge in [-0.2, -0.15) is 0 Å². The van der Waals surface area contributed by atoms with E-state index >= 15 is 0 Å². The summed E-state index contributed by atoms with van der Waals surface area (Å²) in [5.74, 6) is -0.211. The molecule has 0 aliphatic rings. The van der Waals surface area contributed by atoms with Crippen LogP contribution in [0.15, 0.2) is 46.9 Å². The third-order valence-electron chi connectivity index (χ3n) is 4.12. The van der Waals surface area contributed by atoms with Crippen LogP contribution in [0.3, 0.4) is 0 Å². The van der Waals surface area contributed by atoms with Crippen LogP contribution in [0.1, 0.15) is 48.7 Å². The van der Waals surface area contributed by atoms with E-state index < -0.39 is 0 Å². The molecule has 2 aromatic carbocycles. The predicted octanol–water partition coefficient (Wildman–Crippen LogP) is 6.76. The third-order valence-corrected chi connectivity index (χ3v) is 5.76. The summed E-state index contributed by atoms with van der Waals surface area (Å²) in [6.45, 7) is 6.67. The molecule has 1 atom stereocenters. The first kappa shape index (κ1) is 16.7. The molecule has 0 amide bonds. The fraction of sp³-hybridized carbons (Fsp3) is 0.333. The van der Waals surface area contributed by atoms with Gasteiger partial charge in [-0.05, 0) is 45.0 Å². The largest absolute Gasteiger partial charge is 0.205 e. The maximum atomic E-state index is 14.2. The molecule has 0 nitrogen and oxygen atoms in total. The van der Waals surface area contributed by atoms with Crippen molar-refractivity contribution in [2.24, 2.45) is 0 Å². The number of benzene rings is 2. The highest BCUT2D eigenvalue weighted by Crippen LogP contribution is 2.36. The third kappa shape index (κ3) is 3.57. The highest BCUT2D eigenvalue weighted by atomic mass is 79.9. The molecule has 0 saturated heterocycles. The number of hydrogen-bond donors (Lipinski definition) is 0. The summed E-state index contributed by atoms with van der Waals surface area (Å²) in [6.07, 6.45) is 1.09. The van der Waals surface area contributed by atoms with Crippen molar-refractivity contribution >= 4 is 31.9 Å². The molecular weight excluding hydrogens is 395 g/mol. The van der Waals surface area contributed by atoms with Crippen LogP contribution in [-0.2, 0) is 5.41 Å². The summed E-state index contributed by atoms with van der Waals surface area (Å²) in [7, 11) is 0. The molecule has 3 heteroatoms. The Morgan fingerprint density at radius 3 is 2.29 bits per heavy atom. The average molecular weight is 414 g/mol. The molecule has 0 aliphatic heterocycles. The van der Waals surface area contributed by atoms with E-state index in [4.69, 9.17) is 0 Å². The van der Waals surface area contributed by atoms with E-state index in [2.05, 4.69) is 76.9 Å². The molecule has 0 spiro atoms. The molecule has 2 aromatic rings. The van der Waals surface area contributed by atoms with Crippen molar-refractivity contribution in [2.75, 3.05) is 0 Å². The Morgan fingerprint density at radius 2 is 1.71 bits per heavy atom. The van der Waals surface area contributed by atoms with Crippen molar-refractivity contribution in [1.82, 2.24) is 0 Å². The first-order valence-electron chi connectivity index (χ1n) is 7.05. The molecule has 0 saturated carbocycles. The summed E-state index contributed by atoms with van der Waals surface area (Å²) in [5, 5.41) is 0. The van der Waals surface area contributed by atoms with Crippen molar-refractivity contribution < 1.29 is 4.39 Å².